The van der Waals surface area contributed by atoms with Gasteiger partial charge in [-0.15, -0.1) is 0 Å². The Hall–Kier alpha value is -3.30. The normalized spacial score (nSPS) is 17.7. The van der Waals surface area contributed by atoms with Gasteiger partial charge in [-0.05, 0) is 65.4 Å². The fraction of sp³-hybridized carbons (Fsp3) is 0.643. The largest absolute Gasteiger partial charge is 0.507 e. The van der Waals surface area contributed by atoms with Crippen molar-refractivity contribution in [3.8, 4) is 5.75 Å². The summed E-state index contributed by atoms with van der Waals surface area (Å²) in [6.07, 6.45) is 5.25. The molecule has 2 unspecified atom stereocenters. The molecule has 10 nitrogen and oxygen atoms in total. The van der Waals surface area contributed by atoms with Gasteiger partial charge in [0.05, 0.1) is 0 Å². The molecule has 5 N–H and O–H groups in total. The Labute approximate surface area is 224 Å². The van der Waals surface area contributed by atoms with E-state index in [4.69, 9.17) is 10.5 Å². The number of aryl methyl sites for hydroxylation is 1. The van der Waals surface area contributed by atoms with E-state index in [0.29, 0.717) is 24.0 Å². The predicted molar refractivity (Wildman–Crippen MR) is 142 cm³/mol. The van der Waals surface area contributed by atoms with Crippen LogP contribution in [0.15, 0.2) is 18.2 Å². The van der Waals surface area contributed by atoms with Gasteiger partial charge in [0.15, 0.2) is 0 Å². The number of para-hydroxylation sites is 1. The van der Waals surface area contributed by atoms with Crippen LogP contribution in [0.4, 0.5) is 4.79 Å². The van der Waals surface area contributed by atoms with Crippen LogP contribution in [-0.2, 0) is 19.1 Å². The number of carbonyl (C=O) groups excluding carboxylic acids is 4. The lowest BCUT2D eigenvalue weighted by Crippen LogP contribution is -2.54. The number of ether oxygens (including phenoxy) is 1. The molecule has 2 atom stereocenters. The minimum absolute atomic E-state index is 0.00703. The van der Waals surface area contributed by atoms with Gasteiger partial charge in [0.2, 0.25) is 17.7 Å². The molecule has 1 aromatic carbocycles. The third-order valence-corrected chi connectivity index (χ3v) is 6.90. The number of nitrogens with zero attached hydrogens (tertiary/aromatic N) is 1. The van der Waals surface area contributed by atoms with Crippen LogP contribution in [-0.4, -0.2) is 57.5 Å². The molecule has 0 spiro atoms. The number of alkyl carbamates (subject to hydrolysis) is 1. The van der Waals surface area contributed by atoms with E-state index in [1.165, 1.54) is 4.90 Å². The number of phenolic OH excluding ortho intramolecular Hbond substituents is 1. The van der Waals surface area contributed by atoms with E-state index in [1.807, 2.05) is 0 Å². The highest BCUT2D eigenvalue weighted by Gasteiger charge is 2.45. The molecular weight excluding hydrogens is 488 g/mol. The number of phenols is 1. The number of primary amides is 1. The zero-order valence-corrected chi connectivity index (χ0v) is 22.9. The maximum Gasteiger partial charge on any atom is 0.408 e. The van der Waals surface area contributed by atoms with Crippen LogP contribution in [0.3, 0.4) is 0 Å². The van der Waals surface area contributed by atoms with Gasteiger partial charge in [0, 0.05) is 24.1 Å². The minimum Gasteiger partial charge on any atom is -0.507 e. The fourth-order valence-corrected chi connectivity index (χ4v) is 4.89. The monoisotopic (exact) mass is 530 g/mol. The summed E-state index contributed by atoms with van der Waals surface area (Å²) in [7, 11) is 0. The van der Waals surface area contributed by atoms with Crippen molar-refractivity contribution in [2.75, 3.05) is 0 Å². The number of rotatable bonds is 10. The van der Waals surface area contributed by atoms with Gasteiger partial charge < -0.3 is 31.1 Å². The summed E-state index contributed by atoms with van der Waals surface area (Å²) in [6.45, 7) is 6.85. The first-order chi connectivity index (χ1) is 17.9. The zero-order valence-electron chi connectivity index (χ0n) is 22.9. The van der Waals surface area contributed by atoms with Crippen LogP contribution in [0.5, 0.6) is 5.75 Å². The lowest BCUT2D eigenvalue weighted by atomic mass is 9.94. The maximum atomic E-state index is 14.1. The van der Waals surface area contributed by atoms with Crippen molar-refractivity contribution in [1.82, 2.24) is 15.5 Å². The third-order valence-electron chi connectivity index (χ3n) is 6.90. The van der Waals surface area contributed by atoms with Crippen molar-refractivity contribution in [3.05, 3.63) is 29.3 Å². The molecule has 0 aliphatic heterocycles. The predicted octanol–water partition coefficient (Wildman–Crippen LogP) is 3.34. The highest BCUT2D eigenvalue weighted by Crippen LogP contribution is 2.39. The average molecular weight is 531 g/mol. The van der Waals surface area contributed by atoms with E-state index in [0.717, 1.165) is 32.1 Å². The average Bonchev–Trinajstić information content (AvgIpc) is 3.66. The molecular formula is C28H42N4O6. The van der Waals surface area contributed by atoms with Crippen molar-refractivity contribution < 1.29 is 29.0 Å². The van der Waals surface area contributed by atoms with E-state index in [2.05, 4.69) is 10.6 Å². The SMILES string of the molecule is Cc1cccc(C(C(=O)NC2CCCCC2)N(C(=O)C(CCC(N)=O)NC(=O)OC(C)(C)C)C2CC2)c1O. The van der Waals surface area contributed by atoms with Crippen molar-refractivity contribution in [3.63, 3.8) is 0 Å². The summed E-state index contributed by atoms with van der Waals surface area (Å²) in [6, 6.07) is 2.62. The van der Waals surface area contributed by atoms with Crippen LogP contribution in [0.25, 0.3) is 0 Å². The van der Waals surface area contributed by atoms with Gasteiger partial charge in [0.25, 0.3) is 0 Å². The zero-order chi connectivity index (χ0) is 28.0. The molecule has 0 heterocycles. The van der Waals surface area contributed by atoms with Crippen LogP contribution >= 0.6 is 0 Å². The Kier molecular flexibility index (Phi) is 9.62. The molecule has 10 heteroatoms. The molecule has 4 amide bonds. The molecule has 0 aromatic heterocycles. The fourth-order valence-electron chi connectivity index (χ4n) is 4.89. The molecule has 2 fully saturated rings. The third kappa shape index (κ3) is 8.10. The molecule has 2 aliphatic carbocycles. The summed E-state index contributed by atoms with van der Waals surface area (Å²) in [5.74, 6) is -1.56. The van der Waals surface area contributed by atoms with Gasteiger partial charge in [-0.3, -0.25) is 14.4 Å². The Balaban J connectivity index is 1.97. The van der Waals surface area contributed by atoms with Crippen LogP contribution in [0.1, 0.15) is 95.7 Å². The van der Waals surface area contributed by atoms with Crippen LogP contribution < -0.4 is 16.4 Å². The number of hydrogen-bond donors (Lipinski definition) is 4. The Morgan fingerprint density at radius 3 is 2.34 bits per heavy atom. The summed E-state index contributed by atoms with van der Waals surface area (Å²) >= 11 is 0. The summed E-state index contributed by atoms with van der Waals surface area (Å²) in [5, 5.41) is 16.7. The molecule has 210 valence electrons. The van der Waals surface area contributed by atoms with Crippen molar-refractivity contribution >= 4 is 23.8 Å². The number of benzene rings is 1. The Morgan fingerprint density at radius 2 is 1.76 bits per heavy atom. The molecule has 2 saturated carbocycles. The quantitative estimate of drug-likeness (QED) is 0.364. The highest BCUT2D eigenvalue weighted by molar-refractivity contribution is 5.93. The van der Waals surface area contributed by atoms with Crippen LogP contribution in [0, 0.1) is 6.92 Å². The van der Waals surface area contributed by atoms with Gasteiger partial charge in [0.1, 0.15) is 23.4 Å². The molecule has 0 radical (unpaired) electrons. The van der Waals surface area contributed by atoms with Crippen molar-refractivity contribution in [1.29, 1.82) is 0 Å². The summed E-state index contributed by atoms with van der Waals surface area (Å²) in [4.78, 5) is 53.6. The number of aromatic hydroxyl groups is 1. The van der Waals surface area contributed by atoms with E-state index in [1.54, 1.807) is 45.9 Å². The minimum atomic E-state index is -1.14. The van der Waals surface area contributed by atoms with Crippen LogP contribution in [0.2, 0.25) is 0 Å². The number of nitrogens with one attached hydrogen (secondary N) is 2. The Morgan fingerprint density at radius 1 is 1.11 bits per heavy atom. The molecule has 0 saturated heterocycles. The highest BCUT2D eigenvalue weighted by atomic mass is 16.6. The molecule has 1 aromatic rings. The molecule has 38 heavy (non-hydrogen) atoms. The number of hydrogen-bond acceptors (Lipinski definition) is 6. The number of amides is 4. The first-order valence-electron chi connectivity index (χ1n) is 13.6. The summed E-state index contributed by atoms with van der Waals surface area (Å²) in [5.41, 5.74) is 5.46. The second-order valence-corrected chi connectivity index (χ2v) is 11.4. The molecule has 0 bridgehead atoms. The van der Waals surface area contributed by atoms with Gasteiger partial charge in [-0.2, -0.15) is 0 Å². The Bertz CT molecular complexity index is 1030. The van der Waals surface area contributed by atoms with E-state index < -0.39 is 35.6 Å². The lowest BCUT2D eigenvalue weighted by molar-refractivity contribution is -0.143. The van der Waals surface area contributed by atoms with Gasteiger partial charge in [-0.1, -0.05) is 37.5 Å². The van der Waals surface area contributed by atoms with Crippen molar-refractivity contribution in [2.24, 2.45) is 5.73 Å². The van der Waals surface area contributed by atoms with E-state index in [-0.39, 0.29) is 36.6 Å². The van der Waals surface area contributed by atoms with Crippen molar-refractivity contribution in [2.45, 2.75) is 115 Å². The van der Waals surface area contributed by atoms with Gasteiger partial charge in [-0.25, -0.2) is 4.79 Å². The van der Waals surface area contributed by atoms with E-state index >= 15 is 0 Å². The second-order valence-electron chi connectivity index (χ2n) is 11.4. The number of nitrogens with two attached hydrogens (primary N) is 1. The maximum absolute atomic E-state index is 14.1. The molecule has 3 rings (SSSR count). The smallest absolute Gasteiger partial charge is 0.408 e. The first kappa shape index (κ1) is 29.3. The first-order valence-corrected chi connectivity index (χ1v) is 13.6. The number of carbonyl (C=O) groups is 4. The second kappa shape index (κ2) is 12.5. The topological polar surface area (TPSA) is 151 Å². The van der Waals surface area contributed by atoms with E-state index in [9.17, 15) is 24.3 Å². The standard InChI is InChI=1S/C28H42N4O6/c1-17-9-8-12-20(24(17)34)23(25(35)30-18-10-6-5-7-11-18)32(19-13-14-19)26(36)21(15-16-22(29)33)31-27(37)38-28(2,3)4/h8-9,12,18-19,21,23,34H,5-7,10-11,13-16H2,1-4H3,(H2,29,33)(H,30,35)(H,31,37). The van der Waals surface area contributed by atoms with Gasteiger partial charge >= 0.3 is 6.09 Å². The molecule has 2 aliphatic rings. The summed E-state index contributed by atoms with van der Waals surface area (Å²) < 4.78 is 5.35. The lowest BCUT2D eigenvalue weighted by Gasteiger charge is -2.36.